The molecule has 0 fully saturated rings. The van der Waals surface area contributed by atoms with Gasteiger partial charge in [-0.05, 0) is 48.5 Å². The van der Waals surface area contributed by atoms with Gasteiger partial charge in [-0.1, -0.05) is 18.2 Å². The second-order valence-electron chi connectivity index (χ2n) is 6.28. The maximum absolute atomic E-state index is 13.9. The van der Waals surface area contributed by atoms with E-state index in [0.29, 0.717) is 16.8 Å². The van der Waals surface area contributed by atoms with Crippen molar-refractivity contribution in [1.82, 2.24) is 4.90 Å². The molecule has 3 rings (SSSR count). The molecule has 0 bridgehead atoms. The summed E-state index contributed by atoms with van der Waals surface area (Å²) in [7, 11) is 3.37. The molecule has 1 heterocycles. The van der Waals surface area contributed by atoms with E-state index >= 15 is 0 Å². The summed E-state index contributed by atoms with van der Waals surface area (Å²) in [4.78, 5) is 27.1. The molecular formula is C22H19FN2O2S. The van der Waals surface area contributed by atoms with E-state index in [1.807, 2.05) is 12.1 Å². The molecule has 0 aliphatic heterocycles. The molecule has 28 heavy (non-hydrogen) atoms. The molecule has 1 N–H and O–H groups in total. The Labute approximate surface area is 166 Å². The Morgan fingerprint density at radius 3 is 2.39 bits per heavy atom. The van der Waals surface area contributed by atoms with Crippen LogP contribution in [0.2, 0.25) is 0 Å². The molecule has 0 aliphatic carbocycles. The fourth-order valence-electron chi connectivity index (χ4n) is 2.54. The Morgan fingerprint density at radius 1 is 1.00 bits per heavy atom. The van der Waals surface area contributed by atoms with Crippen LogP contribution in [0, 0.1) is 5.82 Å². The van der Waals surface area contributed by atoms with Gasteiger partial charge >= 0.3 is 0 Å². The highest BCUT2D eigenvalue weighted by Gasteiger charge is 2.08. The third-order valence-corrected chi connectivity index (χ3v) is 5.05. The number of benzene rings is 2. The van der Waals surface area contributed by atoms with Gasteiger partial charge in [-0.2, -0.15) is 0 Å². The number of anilines is 1. The summed E-state index contributed by atoms with van der Waals surface area (Å²) >= 11 is 1.41. The first kappa shape index (κ1) is 19.5. The van der Waals surface area contributed by atoms with Crippen molar-refractivity contribution in [1.29, 1.82) is 0 Å². The Morgan fingerprint density at radius 2 is 1.71 bits per heavy atom. The lowest BCUT2D eigenvalue weighted by Gasteiger charge is -2.10. The molecule has 0 saturated heterocycles. The largest absolute Gasteiger partial charge is 0.345 e. The van der Waals surface area contributed by atoms with Crippen LogP contribution in [0.15, 0.2) is 66.7 Å². The molecule has 0 radical (unpaired) electrons. The van der Waals surface area contributed by atoms with Gasteiger partial charge in [0.15, 0.2) is 0 Å². The van der Waals surface area contributed by atoms with Gasteiger partial charge in [0.25, 0.3) is 5.91 Å². The standard InChI is InChI=1S/C22H19FN2O2S/c1-25(2)22(27)15-7-9-16(10-8-15)24-21(26)14-12-17-11-13-20(28-17)18-5-3-4-6-19(18)23/h3-14H,1-2H3,(H,24,26)/b14-12+. The zero-order valence-electron chi connectivity index (χ0n) is 15.5. The van der Waals surface area contributed by atoms with Crippen molar-refractivity contribution in [3.8, 4) is 10.4 Å². The van der Waals surface area contributed by atoms with Gasteiger partial charge in [0.2, 0.25) is 5.91 Å². The number of halogens is 1. The van der Waals surface area contributed by atoms with Crippen LogP contribution in [0.3, 0.4) is 0 Å². The van der Waals surface area contributed by atoms with Crippen molar-refractivity contribution in [2.45, 2.75) is 0 Å². The van der Waals surface area contributed by atoms with Crippen molar-refractivity contribution in [3.05, 3.63) is 83.0 Å². The second-order valence-corrected chi connectivity index (χ2v) is 7.40. The maximum atomic E-state index is 13.9. The molecule has 4 nitrogen and oxygen atoms in total. The quantitative estimate of drug-likeness (QED) is 0.625. The van der Waals surface area contributed by atoms with Gasteiger partial charge in [0, 0.05) is 46.7 Å². The fourth-order valence-corrected chi connectivity index (χ4v) is 3.48. The Balaban J connectivity index is 1.63. The molecule has 0 atom stereocenters. The number of carbonyl (C=O) groups is 2. The molecule has 1 aromatic heterocycles. The van der Waals surface area contributed by atoms with Crippen LogP contribution < -0.4 is 5.32 Å². The van der Waals surface area contributed by atoms with Crippen molar-refractivity contribution >= 4 is 34.9 Å². The fraction of sp³-hybridized carbons (Fsp3) is 0.0909. The second kappa shape index (κ2) is 8.63. The van der Waals surface area contributed by atoms with E-state index in [1.165, 1.54) is 28.4 Å². The predicted octanol–water partition coefficient (Wildman–Crippen LogP) is 4.91. The molecule has 0 unspecified atom stereocenters. The van der Waals surface area contributed by atoms with E-state index in [4.69, 9.17) is 0 Å². The maximum Gasteiger partial charge on any atom is 0.253 e. The summed E-state index contributed by atoms with van der Waals surface area (Å²) < 4.78 is 13.9. The summed E-state index contributed by atoms with van der Waals surface area (Å²) in [6.45, 7) is 0. The molecule has 3 aromatic rings. The van der Waals surface area contributed by atoms with Gasteiger partial charge < -0.3 is 10.2 Å². The van der Waals surface area contributed by atoms with Gasteiger partial charge in [0.05, 0.1) is 0 Å². The number of nitrogens with one attached hydrogen (secondary N) is 1. The third kappa shape index (κ3) is 4.72. The first-order valence-electron chi connectivity index (χ1n) is 8.59. The average Bonchev–Trinajstić information content (AvgIpc) is 3.15. The summed E-state index contributed by atoms with van der Waals surface area (Å²) in [5, 5.41) is 2.75. The lowest BCUT2D eigenvalue weighted by Crippen LogP contribution is -2.21. The summed E-state index contributed by atoms with van der Waals surface area (Å²) in [5.74, 6) is -0.650. The normalized spacial score (nSPS) is 10.8. The number of hydrogen-bond donors (Lipinski definition) is 1. The minimum atomic E-state index is -0.285. The number of carbonyl (C=O) groups excluding carboxylic acids is 2. The molecule has 2 amide bonds. The van der Waals surface area contributed by atoms with Crippen LogP contribution in [0.4, 0.5) is 10.1 Å². The highest BCUT2D eigenvalue weighted by molar-refractivity contribution is 7.16. The lowest BCUT2D eigenvalue weighted by molar-refractivity contribution is -0.111. The highest BCUT2D eigenvalue weighted by atomic mass is 32.1. The van der Waals surface area contributed by atoms with Gasteiger partial charge in [0.1, 0.15) is 5.82 Å². The molecule has 142 valence electrons. The van der Waals surface area contributed by atoms with Gasteiger partial charge in [-0.25, -0.2) is 4.39 Å². The Kier molecular flexibility index (Phi) is 6.01. The molecule has 0 saturated carbocycles. The number of thiophene rings is 1. The summed E-state index contributed by atoms with van der Waals surface area (Å²) in [6, 6.07) is 17.0. The lowest BCUT2D eigenvalue weighted by atomic mass is 10.2. The minimum absolute atomic E-state index is 0.0962. The van der Waals surface area contributed by atoms with Gasteiger partial charge in [-0.3, -0.25) is 9.59 Å². The van der Waals surface area contributed by atoms with E-state index in [1.54, 1.807) is 62.6 Å². The molecule has 0 spiro atoms. The first-order chi connectivity index (χ1) is 13.4. The Hall–Kier alpha value is -3.25. The van der Waals surface area contributed by atoms with Crippen LogP contribution in [-0.2, 0) is 4.79 Å². The average molecular weight is 394 g/mol. The first-order valence-corrected chi connectivity index (χ1v) is 9.41. The van der Waals surface area contributed by atoms with Crippen molar-refractivity contribution in [2.75, 3.05) is 19.4 Å². The van der Waals surface area contributed by atoms with Crippen LogP contribution in [0.1, 0.15) is 15.2 Å². The van der Waals surface area contributed by atoms with Crippen molar-refractivity contribution < 1.29 is 14.0 Å². The van der Waals surface area contributed by atoms with Crippen LogP contribution in [-0.4, -0.2) is 30.8 Å². The SMILES string of the molecule is CN(C)C(=O)c1ccc(NC(=O)/C=C/c2ccc(-c3ccccc3F)s2)cc1. The predicted molar refractivity (Wildman–Crippen MR) is 112 cm³/mol. The zero-order valence-corrected chi connectivity index (χ0v) is 16.3. The van der Waals surface area contributed by atoms with Crippen LogP contribution in [0.5, 0.6) is 0 Å². The number of nitrogens with zero attached hydrogens (tertiary/aromatic N) is 1. The summed E-state index contributed by atoms with van der Waals surface area (Å²) in [6.07, 6.45) is 3.12. The van der Waals surface area contributed by atoms with Crippen LogP contribution >= 0.6 is 11.3 Å². The summed E-state index contributed by atoms with van der Waals surface area (Å²) in [5.41, 5.74) is 1.70. The Bertz CT molecular complexity index is 1020. The monoisotopic (exact) mass is 394 g/mol. The smallest absolute Gasteiger partial charge is 0.253 e. The van der Waals surface area contributed by atoms with E-state index in [2.05, 4.69) is 5.32 Å². The van der Waals surface area contributed by atoms with E-state index in [9.17, 15) is 14.0 Å². The van der Waals surface area contributed by atoms with Crippen molar-refractivity contribution in [3.63, 3.8) is 0 Å². The number of amides is 2. The third-order valence-electron chi connectivity index (χ3n) is 3.97. The molecule has 0 aliphatic rings. The number of hydrogen-bond acceptors (Lipinski definition) is 3. The van der Waals surface area contributed by atoms with Crippen LogP contribution in [0.25, 0.3) is 16.5 Å². The minimum Gasteiger partial charge on any atom is -0.345 e. The topological polar surface area (TPSA) is 49.4 Å². The van der Waals surface area contributed by atoms with E-state index in [-0.39, 0.29) is 17.6 Å². The number of rotatable bonds is 5. The zero-order chi connectivity index (χ0) is 20.1. The van der Waals surface area contributed by atoms with E-state index < -0.39 is 0 Å². The van der Waals surface area contributed by atoms with E-state index in [0.717, 1.165) is 9.75 Å². The van der Waals surface area contributed by atoms with Gasteiger partial charge in [-0.15, -0.1) is 11.3 Å². The molecule has 2 aromatic carbocycles. The van der Waals surface area contributed by atoms with Crippen molar-refractivity contribution in [2.24, 2.45) is 0 Å². The highest BCUT2D eigenvalue weighted by Crippen LogP contribution is 2.30. The molecule has 6 heteroatoms. The molecular weight excluding hydrogens is 375 g/mol.